The second-order valence-electron chi connectivity index (χ2n) is 10.7. The Kier molecular flexibility index (Phi) is 8.46. The minimum absolute atomic E-state index is 0.0353. The molecule has 2 aromatic heterocycles. The Hall–Kier alpha value is -3.85. The molecule has 0 radical (unpaired) electrons. The number of nitrogens with one attached hydrogen (secondary N) is 1. The van der Waals surface area contributed by atoms with E-state index < -0.39 is 0 Å². The van der Waals surface area contributed by atoms with Gasteiger partial charge < -0.3 is 29.0 Å². The molecule has 1 amide bonds. The largest absolute Gasteiger partial charge is 0.497 e. The standard InChI is InChI=1S/C33H35ClN4O4/c1-22-27(34)4-3-5-28(22)36-31-30(24-10-14-35-15-11-24)29(21-42-26-12-18-41-19-13-26)38-17-16-37(33(39)32(31)38)20-23-6-8-25(40-2)9-7-23/h3-11,14-15,26,36H,12-13,16-21H2,1-2H3. The highest BCUT2D eigenvalue weighted by Crippen LogP contribution is 2.42. The lowest BCUT2D eigenvalue weighted by molar-refractivity contribution is -0.0406. The maximum absolute atomic E-state index is 14.4. The van der Waals surface area contributed by atoms with Crippen LogP contribution in [-0.2, 0) is 29.2 Å². The SMILES string of the molecule is COc1ccc(CN2CCn3c(COC4CCOCC4)c(-c4ccncc4)c(Nc4cccc(Cl)c4C)c3C2=O)cc1. The molecule has 0 spiro atoms. The number of amides is 1. The van der Waals surface area contributed by atoms with E-state index >= 15 is 0 Å². The molecule has 1 saturated heterocycles. The highest BCUT2D eigenvalue weighted by Gasteiger charge is 2.35. The zero-order chi connectivity index (χ0) is 29.1. The fourth-order valence-electron chi connectivity index (χ4n) is 5.73. The number of pyridine rings is 1. The predicted octanol–water partition coefficient (Wildman–Crippen LogP) is 6.62. The summed E-state index contributed by atoms with van der Waals surface area (Å²) in [6.07, 6.45) is 5.40. The van der Waals surface area contributed by atoms with Crippen LogP contribution < -0.4 is 10.1 Å². The number of hydrogen-bond donors (Lipinski definition) is 1. The molecule has 1 N–H and O–H groups in total. The second kappa shape index (κ2) is 12.6. The van der Waals surface area contributed by atoms with Crippen LogP contribution in [0.25, 0.3) is 11.1 Å². The average Bonchev–Trinajstić information content (AvgIpc) is 3.34. The van der Waals surface area contributed by atoms with Gasteiger partial charge in [-0.25, -0.2) is 0 Å². The van der Waals surface area contributed by atoms with Gasteiger partial charge in [-0.3, -0.25) is 9.78 Å². The summed E-state index contributed by atoms with van der Waals surface area (Å²) in [6, 6.07) is 17.6. The van der Waals surface area contributed by atoms with Crippen molar-refractivity contribution < 1.29 is 19.0 Å². The zero-order valence-electron chi connectivity index (χ0n) is 23.9. The third-order valence-corrected chi connectivity index (χ3v) is 8.52. The molecule has 2 aromatic carbocycles. The van der Waals surface area contributed by atoms with Crippen molar-refractivity contribution in [3.05, 3.63) is 94.5 Å². The normalized spacial score (nSPS) is 15.5. The molecule has 2 aliphatic rings. The Morgan fingerprint density at radius 1 is 1.05 bits per heavy atom. The van der Waals surface area contributed by atoms with Crippen molar-refractivity contribution in [2.45, 2.75) is 45.6 Å². The molecule has 218 valence electrons. The molecule has 42 heavy (non-hydrogen) atoms. The number of fused-ring (bicyclic) bond motifs is 1. The second-order valence-corrected chi connectivity index (χ2v) is 11.1. The van der Waals surface area contributed by atoms with Crippen molar-refractivity contribution in [3.63, 3.8) is 0 Å². The van der Waals surface area contributed by atoms with Gasteiger partial charge in [-0.15, -0.1) is 0 Å². The van der Waals surface area contributed by atoms with E-state index in [9.17, 15) is 4.79 Å². The quantitative estimate of drug-likeness (QED) is 0.238. The van der Waals surface area contributed by atoms with Gasteiger partial charge in [-0.2, -0.15) is 0 Å². The van der Waals surface area contributed by atoms with E-state index in [1.165, 1.54) is 0 Å². The van der Waals surface area contributed by atoms with Gasteiger partial charge in [-0.1, -0.05) is 29.8 Å². The van der Waals surface area contributed by atoms with E-state index in [1.807, 2.05) is 66.4 Å². The molecule has 1 fully saturated rings. The van der Waals surface area contributed by atoms with Crippen LogP contribution in [0.5, 0.6) is 5.75 Å². The average molecular weight is 587 g/mol. The van der Waals surface area contributed by atoms with Crippen LogP contribution in [0.3, 0.4) is 0 Å². The summed E-state index contributed by atoms with van der Waals surface area (Å²) < 4.78 is 19.5. The molecule has 6 rings (SSSR count). The van der Waals surface area contributed by atoms with E-state index in [1.54, 1.807) is 19.5 Å². The van der Waals surface area contributed by atoms with E-state index in [4.69, 9.17) is 25.8 Å². The van der Waals surface area contributed by atoms with Gasteiger partial charge in [0.15, 0.2) is 0 Å². The number of carbonyl (C=O) groups is 1. The van der Waals surface area contributed by atoms with Gasteiger partial charge in [-0.05, 0) is 72.9 Å². The van der Waals surface area contributed by atoms with Crippen LogP contribution in [0.15, 0.2) is 67.0 Å². The van der Waals surface area contributed by atoms with Crippen molar-refractivity contribution in [1.82, 2.24) is 14.5 Å². The summed E-state index contributed by atoms with van der Waals surface area (Å²) in [4.78, 5) is 20.5. The number of halogens is 1. The van der Waals surface area contributed by atoms with E-state index in [2.05, 4.69) is 14.9 Å². The molecule has 0 atom stereocenters. The number of aromatic nitrogens is 2. The minimum atomic E-state index is -0.0353. The van der Waals surface area contributed by atoms with E-state index in [0.29, 0.717) is 50.2 Å². The topological polar surface area (TPSA) is 77.8 Å². The maximum Gasteiger partial charge on any atom is 0.273 e. The monoisotopic (exact) mass is 586 g/mol. The third-order valence-electron chi connectivity index (χ3n) is 8.11. The Morgan fingerprint density at radius 2 is 1.81 bits per heavy atom. The predicted molar refractivity (Wildman–Crippen MR) is 163 cm³/mol. The van der Waals surface area contributed by atoms with E-state index in [0.717, 1.165) is 57.9 Å². The first-order valence-electron chi connectivity index (χ1n) is 14.3. The van der Waals surface area contributed by atoms with E-state index in [-0.39, 0.29) is 12.0 Å². The lowest BCUT2D eigenvalue weighted by Crippen LogP contribution is -2.40. The van der Waals surface area contributed by atoms with Gasteiger partial charge in [0.1, 0.15) is 11.4 Å². The lowest BCUT2D eigenvalue weighted by Gasteiger charge is -2.30. The summed E-state index contributed by atoms with van der Waals surface area (Å²) >= 11 is 6.52. The fourth-order valence-corrected chi connectivity index (χ4v) is 5.90. The molecule has 8 nitrogen and oxygen atoms in total. The smallest absolute Gasteiger partial charge is 0.273 e. The zero-order valence-corrected chi connectivity index (χ0v) is 24.7. The van der Waals surface area contributed by atoms with Crippen LogP contribution in [-0.4, -0.2) is 53.3 Å². The minimum Gasteiger partial charge on any atom is -0.497 e. The van der Waals surface area contributed by atoms with Gasteiger partial charge in [0.05, 0.1) is 31.2 Å². The van der Waals surface area contributed by atoms with Crippen molar-refractivity contribution in [2.75, 3.05) is 32.2 Å². The summed E-state index contributed by atoms with van der Waals surface area (Å²) in [5, 5.41) is 4.29. The molecule has 0 aliphatic carbocycles. The first kappa shape index (κ1) is 28.3. The summed E-state index contributed by atoms with van der Waals surface area (Å²) in [5.41, 5.74) is 7.06. The van der Waals surface area contributed by atoms with Crippen molar-refractivity contribution in [1.29, 1.82) is 0 Å². The van der Waals surface area contributed by atoms with Crippen LogP contribution in [0.4, 0.5) is 11.4 Å². The molecule has 4 aromatic rings. The highest BCUT2D eigenvalue weighted by molar-refractivity contribution is 6.31. The number of methoxy groups -OCH3 is 1. The van der Waals surface area contributed by atoms with Crippen molar-refractivity contribution >= 4 is 28.9 Å². The number of rotatable bonds is 9. The third kappa shape index (κ3) is 5.75. The number of nitrogens with zero attached hydrogens (tertiary/aromatic N) is 3. The summed E-state index contributed by atoms with van der Waals surface area (Å²) in [5.74, 6) is 0.754. The van der Waals surface area contributed by atoms with Crippen LogP contribution in [0.1, 0.15) is 40.2 Å². The number of anilines is 2. The van der Waals surface area contributed by atoms with Crippen molar-refractivity contribution in [3.8, 4) is 16.9 Å². The van der Waals surface area contributed by atoms with Crippen LogP contribution in [0, 0.1) is 6.92 Å². The van der Waals surface area contributed by atoms with Crippen LogP contribution in [0.2, 0.25) is 5.02 Å². The van der Waals surface area contributed by atoms with Gasteiger partial charge in [0.2, 0.25) is 0 Å². The molecule has 0 unspecified atom stereocenters. The first-order valence-corrected chi connectivity index (χ1v) is 14.7. The first-order chi connectivity index (χ1) is 20.5. The van der Waals surface area contributed by atoms with Gasteiger partial charge >= 0.3 is 0 Å². The number of hydrogen-bond acceptors (Lipinski definition) is 6. The highest BCUT2D eigenvalue weighted by atomic mass is 35.5. The number of benzene rings is 2. The van der Waals surface area contributed by atoms with Crippen molar-refractivity contribution in [2.24, 2.45) is 0 Å². The Balaban J connectivity index is 1.44. The number of carbonyl (C=O) groups excluding carboxylic acids is 1. The fraction of sp³-hybridized carbons (Fsp3) is 0.333. The molecule has 0 saturated carbocycles. The molecule has 9 heteroatoms. The lowest BCUT2D eigenvalue weighted by atomic mass is 10.0. The molecule has 0 bridgehead atoms. The molecule has 4 heterocycles. The molecule has 2 aliphatic heterocycles. The Labute approximate surface area is 251 Å². The Bertz CT molecular complexity index is 1550. The van der Waals surface area contributed by atoms with Crippen LogP contribution >= 0.6 is 11.6 Å². The summed E-state index contributed by atoms with van der Waals surface area (Å²) in [7, 11) is 1.65. The number of ether oxygens (including phenoxy) is 3. The Morgan fingerprint density at radius 3 is 2.55 bits per heavy atom. The maximum atomic E-state index is 14.4. The summed E-state index contributed by atoms with van der Waals surface area (Å²) in [6.45, 7) is 5.51. The molecular formula is C33H35ClN4O4. The molecular weight excluding hydrogens is 552 g/mol. The van der Waals surface area contributed by atoms with Gasteiger partial charge in [0, 0.05) is 61.5 Å². The van der Waals surface area contributed by atoms with Gasteiger partial charge in [0.25, 0.3) is 5.91 Å².